The van der Waals surface area contributed by atoms with Gasteiger partial charge in [0.2, 0.25) is 0 Å². The number of hydrogen-bond donors (Lipinski definition) is 1. The molecule has 0 fully saturated rings. The molecule has 0 aliphatic rings. The summed E-state index contributed by atoms with van der Waals surface area (Å²) in [7, 11) is -3.55. The van der Waals surface area contributed by atoms with Crippen molar-refractivity contribution in [3.63, 3.8) is 0 Å². The maximum absolute atomic E-state index is 11.9. The SMILES string of the molecule is O=P(O)(Cc1ccccc1)OCCc1ccccc1. The highest BCUT2D eigenvalue weighted by atomic mass is 31.2. The molecular formula is C15H17O3P. The maximum Gasteiger partial charge on any atom is 0.332 e. The molecule has 0 aliphatic heterocycles. The predicted octanol–water partition coefficient (Wildman–Crippen LogP) is 3.63. The summed E-state index contributed by atoms with van der Waals surface area (Å²) in [6.45, 7) is 0.255. The molecular weight excluding hydrogens is 259 g/mol. The van der Waals surface area contributed by atoms with Gasteiger partial charge in [0.25, 0.3) is 0 Å². The maximum atomic E-state index is 11.9. The second-order valence-corrected chi connectivity index (χ2v) is 6.20. The molecule has 0 saturated carbocycles. The first kappa shape index (κ1) is 14.0. The Labute approximate surface area is 113 Å². The van der Waals surface area contributed by atoms with Crippen LogP contribution < -0.4 is 0 Å². The van der Waals surface area contributed by atoms with Crippen molar-refractivity contribution >= 4 is 7.60 Å². The van der Waals surface area contributed by atoms with E-state index in [1.54, 1.807) is 0 Å². The summed E-state index contributed by atoms with van der Waals surface area (Å²) >= 11 is 0. The molecule has 0 spiro atoms. The zero-order valence-electron chi connectivity index (χ0n) is 10.6. The van der Waals surface area contributed by atoms with Crippen molar-refractivity contribution in [2.75, 3.05) is 6.61 Å². The van der Waals surface area contributed by atoms with Crippen LogP contribution in [0.15, 0.2) is 60.7 Å². The first-order valence-corrected chi connectivity index (χ1v) is 7.96. The Morgan fingerprint density at radius 3 is 2.00 bits per heavy atom. The van der Waals surface area contributed by atoms with Crippen LogP contribution in [0.3, 0.4) is 0 Å². The van der Waals surface area contributed by atoms with Gasteiger partial charge in [-0.3, -0.25) is 4.57 Å². The average molecular weight is 276 g/mol. The van der Waals surface area contributed by atoms with Gasteiger partial charge in [0, 0.05) is 0 Å². The van der Waals surface area contributed by atoms with Crippen molar-refractivity contribution in [2.24, 2.45) is 0 Å². The highest BCUT2D eigenvalue weighted by Gasteiger charge is 2.19. The average Bonchev–Trinajstić information content (AvgIpc) is 2.40. The molecule has 1 N–H and O–H groups in total. The third-order valence-electron chi connectivity index (χ3n) is 2.75. The highest BCUT2D eigenvalue weighted by Crippen LogP contribution is 2.45. The fraction of sp³-hybridized carbons (Fsp3) is 0.200. The first-order valence-electron chi connectivity index (χ1n) is 6.20. The van der Waals surface area contributed by atoms with Crippen LogP contribution in [-0.2, 0) is 21.7 Å². The Hall–Kier alpha value is -1.41. The van der Waals surface area contributed by atoms with Crippen LogP contribution in [0.1, 0.15) is 11.1 Å². The zero-order valence-corrected chi connectivity index (χ0v) is 11.5. The number of rotatable bonds is 6. The highest BCUT2D eigenvalue weighted by molar-refractivity contribution is 7.51. The molecule has 2 rings (SSSR count). The molecule has 0 radical (unpaired) electrons. The van der Waals surface area contributed by atoms with Crippen LogP contribution in [0.5, 0.6) is 0 Å². The Kier molecular flexibility index (Phi) is 4.92. The van der Waals surface area contributed by atoms with E-state index in [0.717, 1.165) is 11.1 Å². The van der Waals surface area contributed by atoms with Crippen LogP contribution in [0.2, 0.25) is 0 Å². The van der Waals surface area contributed by atoms with E-state index < -0.39 is 7.60 Å². The molecule has 19 heavy (non-hydrogen) atoms. The number of hydrogen-bond acceptors (Lipinski definition) is 2. The van der Waals surface area contributed by atoms with Gasteiger partial charge < -0.3 is 9.42 Å². The molecule has 0 aliphatic carbocycles. The summed E-state index contributed by atoms with van der Waals surface area (Å²) < 4.78 is 17.1. The summed E-state index contributed by atoms with van der Waals surface area (Å²) in [6, 6.07) is 19.0. The second kappa shape index (κ2) is 6.67. The van der Waals surface area contributed by atoms with Crippen molar-refractivity contribution < 1.29 is 14.0 Å². The summed E-state index contributed by atoms with van der Waals surface area (Å²) in [4.78, 5) is 9.78. The lowest BCUT2D eigenvalue weighted by Gasteiger charge is -2.12. The molecule has 3 nitrogen and oxygen atoms in total. The fourth-order valence-corrected chi connectivity index (χ4v) is 2.95. The smallest absolute Gasteiger partial charge is 0.324 e. The van der Waals surface area contributed by atoms with E-state index in [-0.39, 0.29) is 12.8 Å². The van der Waals surface area contributed by atoms with Crippen LogP contribution in [0.4, 0.5) is 0 Å². The van der Waals surface area contributed by atoms with Crippen LogP contribution in [0, 0.1) is 0 Å². The minimum absolute atomic E-state index is 0.0582. The molecule has 100 valence electrons. The Bertz CT molecular complexity index is 540. The van der Waals surface area contributed by atoms with Crippen molar-refractivity contribution in [3.8, 4) is 0 Å². The van der Waals surface area contributed by atoms with Gasteiger partial charge in [-0.1, -0.05) is 60.7 Å². The van der Waals surface area contributed by atoms with Gasteiger partial charge in [-0.2, -0.15) is 0 Å². The van der Waals surface area contributed by atoms with E-state index in [9.17, 15) is 9.46 Å². The van der Waals surface area contributed by atoms with Crippen LogP contribution in [0.25, 0.3) is 0 Å². The van der Waals surface area contributed by atoms with Crippen molar-refractivity contribution in [2.45, 2.75) is 12.6 Å². The lowest BCUT2D eigenvalue weighted by Crippen LogP contribution is -1.99. The van der Waals surface area contributed by atoms with E-state index in [4.69, 9.17) is 4.52 Å². The molecule has 2 aromatic rings. The fourth-order valence-electron chi connectivity index (χ4n) is 1.81. The lowest BCUT2D eigenvalue weighted by atomic mass is 10.2. The molecule has 2 aromatic carbocycles. The van der Waals surface area contributed by atoms with Gasteiger partial charge >= 0.3 is 7.60 Å². The van der Waals surface area contributed by atoms with Gasteiger partial charge in [-0.05, 0) is 17.5 Å². The van der Waals surface area contributed by atoms with Crippen molar-refractivity contribution in [1.82, 2.24) is 0 Å². The first-order chi connectivity index (χ1) is 9.16. The Morgan fingerprint density at radius 2 is 1.42 bits per heavy atom. The molecule has 4 heteroatoms. The van der Waals surface area contributed by atoms with E-state index in [1.807, 2.05) is 60.7 Å². The molecule has 1 atom stereocenters. The van der Waals surface area contributed by atoms with Crippen LogP contribution in [-0.4, -0.2) is 11.5 Å². The summed E-state index contributed by atoms with van der Waals surface area (Å²) in [5.41, 5.74) is 1.91. The molecule has 1 unspecified atom stereocenters. The Morgan fingerprint density at radius 1 is 0.895 bits per heavy atom. The zero-order chi connectivity index (χ0) is 13.6. The summed E-state index contributed by atoms with van der Waals surface area (Å²) in [6.07, 6.45) is 0.697. The third-order valence-corrected chi connectivity index (χ3v) is 4.10. The van der Waals surface area contributed by atoms with Crippen molar-refractivity contribution in [1.29, 1.82) is 0 Å². The quantitative estimate of drug-likeness (QED) is 0.819. The van der Waals surface area contributed by atoms with E-state index in [1.165, 1.54) is 0 Å². The standard InChI is InChI=1S/C15H17O3P/c16-19(17,13-15-9-5-2-6-10-15)18-12-11-14-7-3-1-4-8-14/h1-10H,11-13H2,(H,16,17). The predicted molar refractivity (Wildman–Crippen MR) is 76.1 cm³/mol. The third kappa shape index (κ3) is 4.99. The van der Waals surface area contributed by atoms with Crippen LogP contribution >= 0.6 is 7.60 Å². The van der Waals surface area contributed by atoms with E-state index >= 15 is 0 Å². The summed E-state index contributed by atoms with van der Waals surface area (Å²) in [5.74, 6) is 0. The molecule has 0 amide bonds. The largest absolute Gasteiger partial charge is 0.332 e. The minimum atomic E-state index is -3.55. The van der Waals surface area contributed by atoms with Gasteiger partial charge in [-0.15, -0.1) is 0 Å². The van der Waals surface area contributed by atoms with Gasteiger partial charge in [0.15, 0.2) is 0 Å². The minimum Gasteiger partial charge on any atom is -0.324 e. The molecule has 0 bridgehead atoms. The molecule has 0 heterocycles. The summed E-state index contributed by atoms with van der Waals surface area (Å²) in [5, 5.41) is 0. The molecule has 0 saturated heterocycles. The normalized spacial score (nSPS) is 13.9. The van der Waals surface area contributed by atoms with Gasteiger partial charge in [0.05, 0.1) is 12.8 Å². The van der Waals surface area contributed by atoms with E-state index in [2.05, 4.69) is 0 Å². The monoisotopic (exact) mass is 276 g/mol. The van der Waals surface area contributed by atoms with Gasteiger partial charge in [-0.25, -0.2) is 0 Å². The molecule has 0 aromatic heterocycles. The second-order valence-electron chi connectivity index (χ2n) is 4.35. The lowest BCUT2D eigenvalue weighted by molar-refractivity contribution is 0.261. The Balaban J connectivity index is 1.83. The topological polar surface area (TPSA) is 46.5 Å². The van der Waals surface area contributed by atoms with Gasteiger partial charge in [0.1, 0.15) is 0 Å². The van der Waals surface area contributed by atoms with E-state index in [0.29, 0.717) is 6.42 Å². The number of benzene rings is 2. The van der Waals surface area contributed by atoms with Crippen molar-refractivity contribution in [3.05, 3.63) is 71.8 Å².